The van der Waals surface area contributed by atoms with Crippen LogP contribution in [0.25, 0.3) is 0 Å². The first-order valence-corrected chi connectivity index (χ1v) is 7.18. The van der Waals surface area contributed by atoms with Gasteiger partial charge in [-0.25, -0.2) is 0 Å². The lowest BCUT2D eigenvalue weighted by Gasteiger charge is -2.08. The molecule has 2 aromatic carbocycles. The summed E-state index contributed by atoms with van der Waals surface area (Å²) in [4.78, 5) is 12.1. The first-order chi connectivity index (χ1) is 8.95. The number of hydrogen-bond acceptors (Lipinski definition) is 2. The van der Waals surface area contributed by atoms with Crippen molar-refractivity contribution < 1.29 is 4.79 Å². The van der Waals surface area contributed by atoms with Crippen LogP contribution in [0.3, 0.4) is 0 Å². The first kappa shape index (κ1) is 14.1. The van der Waals surface area contributed by atoms with Gasteiger partial charge in [0.1, 0.15) is 0 Å². The third-order valence-corrected chi connectivity index (χ3v) is 3.71. The molecule has 3 nitrogen and oxygen atoms in total. The summed E-state index contributed by atoms with van der Waals surface area (Å²) < 4.78 is 1.65. The van der Waals surface area contributed by atoms with Gasteiger partial charge in [-0.3, -0.25) is 4.79 Å². The number of carbonyl (C=O) groups is 1. The number of anilines is 2. The standard InChI is InChI=1S/C14H12Br2N2O/c1-8-4-9(6-10(15)5-8)14(19)18-11-2-3-13(17)12(16)7-11/h2-7H,17H2,1H3,(H,18,19). The molecule has 0 unspecified atom stereocenters. The van der Waals surface area contributed by atoms with Crippen LogP contribution in [0.2, 0.25) is 0 Å². The van der Waals surface area contributed by atoms with Gasteiger partial charge in [0, 0.05) is 25.9 Å². The minimum Gasteiger partial charge on any atom is -0.398 e. The highest BCUT2D eigenvalue weighted by molar-refractivity contribution is 9.10. The van der Waals surface area contributed by atoms with Crippen molar-refractivity contribution in [1.82, 2.24) is 0 Å². The van der Waals surface area contributed by atoms with Gasteiger partial charge >= 0.3 is 0 Å². The smallest absolute Gasteiger partial charge is 0.255 e. The predicted octanol–water partition coefficient (Wildman–Crippen LogP) is 4.35. The number of hydrogen-bond donors (Lipinski definition) is 2. The van der Waals surface area contributed by atoms with Gasteiger partial charge in [0.15, 0.2) is 0 Å². The molecule has 5 heteroatoms. The number of nitrogen functional groups attached to an aromatic ring is 1. The van der Waals surface area contributed by atoms with Gasteiger partial charge in [-0.1, -0.05) is 15.9 Å². The minimum absolute atomic E-state index is 0.152. The molecule has 0 aliphatic rings. The van der Waals surface area contributed by atoms with E-state index < -0.39 is 0 Å². The van der Waals surface area contributed by atoms with Gasteiger partial charge in [-0.05, 0) is 64.8 Å². The molecule has 0 saturated carbocycles. The molecule has 0 heterocycles. The number of nitrogens with one attached hydrogen (secondary N) is 1. The molecule has 98 valence electrons. The molecule has 2 rings (SSSR count). The van der Waals surface area contributed by atoms with Crippen LogP contribution in [-0.2, 0) is 0 Å². The Kier molecular flexibility index (Phi) is 4.27. The lowest BCUT2D eigenvalue weighted by atomic mass is 10.1. The summed E-state index contributed by atoms with van der Waals surface area (Å²) in [7, 11) is 0. The topological polar surface area (TPSA) is 55.1 Å². The van der Waals surface area contributed by atoms with E-state index in [2.05, 4.69) is 37.2 Å². The second-order valence-corrected chi connectivity index (χ2v) is 5.98. The van der Waals surface area contributed by atoms with Gasteiger partial charge in [0.05, 0.1) is 0 Å². The van der Waals surface area contributed by atoms with Gasteiger partial charge < -0.3 is 11.1 Å². The number of halogens is 2. The van der Waals surface area contributed by atoms with Crippen molar-refractivity contribution in [1.29, 1.82) is 0 Å². The highest BCUT2D eigenvalue weighted by atomic mass is 79.9. The summed E-state index contributed by atoms with van der Waals surface area (Å²) in [5.74, 6) is -0.152. The van der Waals surface area contributed by atoms with E-state index in [1.165, 1.54) is 0 Å². The zero-order valence-electron chi connectivity index (χ0n) is 10.2. The summed E-state index contributed by atoms with van der Waals surface area (Å²) in [6.07, 6.45) is 0. The SMILES string of the molecule is Cc1cc(Br)cc(C(=O)Nc2ccc(N)c(Br)c2)c1. The van der Waals surface area contributed by atoms with Crippen LogP contribution >= 0.6 is 31.9 Å². The van der Waals surface area contributed by atoms with Crippen LogP contribution in [0.1, 0.15) is 15.9 Å². The lowest BCUT2D eigenvalue weighted by molar-refractivity contribution is 0.102. The van der Waals surface area contributed by atoms with Crippen LogP contribution in [0.15, 0.2) is 45.3 Å². The van der Waals surface area contributed by atoms with Crippen molar-refractivity contribution >= 4 is 49.1 Å². The Hall–Kier alpha value is -1.33. The van der Waals surface area contributed by atoms with E-state index in [4.69, 9.17) is 5.73 Å². The van der Waals surface area contributed by atoms with E-state index in [-0.39, 0.29) is 5.91 Å². The van der Waals surface area contributed by atoms with Crippen molar-refractivity contribution in [2.24, 2.45) is 0 Å². The highest BCUT2D eigenvalue weighted by Gasteiger charge is 2.08. The fourth-order valence-electron chi connectivity index (χ4n) is 1.68. The largest absolute Gasteiger partial charge is 0.398 e. The molecule has 0 saturated heterocycles. The van der Waals surface area contributed by atoms with Crippen LogP contribution in [-0.4, -0.2) is 5.91 Å². The summed E-state index contributed by atoms with van der Waals surface area (Å²) in [5, 5.41) is 2.84. The van der Waals surface area contributed by atoms with Crippen molar-refractivity contribution in [2.45, 2.75) is 6.92 Å². The molecule has 0 radical (unpaired) electrons. The Labute approximate surface area is 128 Å². The zero-order chi connectivity index (χ0) is 14.0. The van der Waals surface area contributed by atoms with Crippen LogP contribution < -0.4 is 11.1 Å². The Morgan fingerprint density at radius 3 is 2.53 bits per heavy atom. The van der Waals surface area contributed by atoms with Crippen molar-refractivity contribution in [3.05, 3.63) is 56.5 Å². The maximum Gasteiger partial charge on any atom is 0.255 e. The number of amides is 1. The van der Waals surface area contributed by atoms with Crippen LogP contribution in [0.4, 0.5) is 11.4 Å². The molecule has 0 fully saturated rings. The zero-order valence-corrected chi connectivity index (χ0v) is 13.4. The second kappa shape index (κ2) is 5.75. The highest BCUT2D eigenvalue weighted by Crippen LogP contribution is 2.24. The Morgan fingerprint density at radius 1 is 1.16 bits per heavy atom. The monoisotopic (exact) mass is 382 g/mol. The van der Waals surface area contributed by atoms with Crippen molar-refractivity contribution in [3.8, 4) is 0 Å². The molecule has 0 spiro atoms. The Bertz CT molecular complexity index is 621. The molecule has 0 aliphatic carbocycles. The number of aryl methyl sites for hydroxylation is 1. The fraction of sp³-hybridized carbons (Fsp3) is 0.0714. The van der Waals surface area contributed by atoms with Gasteiger partial charge in [-0.15, -0.1) is 0 Å². The average Bonchev–Trinajstić information content (AvgIpc) is 2.32. The maximum absolute atomic E-state index is 12.1. The Balaban J connectivity index is 2.22. The quantitative estimate of drug-likeness (QED) is 0.757. The lowest BCUT2D eigenvalue weighted by Crippen LogP contribution is -2.12. The molecule has 0 aliphatic heterocycles. The maximum atomic E-state index is 12.1. The predicted molar refractivity (Wildman–Crippen MR) is 85.4 cm³/mol. The van der Waals surface area contributed by atoms with E-state index in [0.717, 1.165) is 14.5 Å². The van der Waals surface area contributed by atoms with Crippen molar-refractivity contribution in [2.75, 3.05) is 11.1 Å². The first-order valence-electron chi connectivity index (χ1n) is 5.59. The van der Waals surface area contributed by atoms with Crippen LogP contribution in [0, 0.1) is 6.92 Å². The molecule has 2 aromatic rings. The van der Waals surface area contributed by atoms with E-state index in [0.29, 0.717) is 16.9 Å². The molecule has 1 amide bonds. The van der Waals surface area contributed by atoms with E-state index in [1.807, 2.05) is 19.1 Å². The van der Waals surface area contributed by atoms with Gasteiger partial charge in [0.25, 0.3) is 5.91 Å². The second-order valence-electron chi connectivity index (χ2n) is 4.21. The molecular weight excluding hydrogens is 372 g/mol. The summed E-state index contributed by atoms with van der Waals surface area (Å²) in [6.45, 7) is 1.95. The van der Waals surface area contributed by atoms with E-state index >= 15 is 0 Å². The summed E-state index contributed by atoms with van der Waals surface area (Å²) >= 11 is 6.72. The third-order valence-electron chi connectivity index (χ3n) is 2.56. The molecule has 3 N–H and O–H groups in total. The number of benzene rings is 2. The third kappa shape index (κ3) is 3.58. The number of nitrogens with two attached hydrogens (primary N) is 1. The number of carbonyl (C=O) groups excluding carboxylic acids is 1. The van der Waals surface area contributed by atoms with E-state index in [1.54, 1.807) is 24.3 Å². The summed E-state index contributed by atoms with van der Waals surface area (Å²) in [5.41, 5.74) is 8.67. The van der Waals surface area contributed by atoms with Crippen LogP contribution in [0.5, 0.6) is 0 Å². The normalized spacial score (nSPS) is 10.3. The van der Waals surface area contributed by atoms with Gasteiger partial charge in [-0.2, -0.15) is 0 Å². The average molecular weight is 384 g/mol. The van der Waals surface area contributed by atoms with Crippen molar-refractivity contribution in [3.63, 3.8) is 0 Å². The Morgan fingerprint density at radius 2 is 1.89 bits per heavy atom. The molecule has 0 bridgehead atoms. The molecule has 19 heavy (non-hydrogen) atoms. The van der Waals surface area contributed by atoms with Gasteiger partial charge in [0.2, 0.25) is 0 Å². The fourth-order valence-corrected chi connectivity index (χ4v) is 2.66. The number of rotatable bonds is 2. The molecular formula is C14H12Br2N2O. The molecule has 0 atom stereocenters. The van der Waals surface area contributed by atoms with E-state index in [9.17, 15) is 4.79 Å². The summed E-state index contributed by atoms with van der Waals surface area (Å²) in [6, 6.07) is 10.9. The molecule has 0 aromatic heterocycles. The minimum atomic E-state index is -0.152.